The summed E-state index contributed by atoms with van der Waals surface area (Å²) in [6.45, 7) is 2.01. The Labute approximate surface area is 70.8 Å². The molecule has 2 aromatic heterocycles. The lowest BCUT2D eigenvalue weighted by molar-refractivity contribution is 0.474. The van der Waals surface area contributed by atoms with E-state index in [4.69, 9.17) is 8.83 Å². The van der Waals surface area contributed by atoms with E-state index >= 15 is 0 Å². The summed E-state index contributed by atoms with van der Waals surface area (Å²) >= 11 is 0. The van der Waals surface area contributed by atoms with E-state index in [2.05, 4.69) is 0 Å². The van der Waals surface area contributed by atoms with E-state index in [1.54, 1.807) is 12.5 Å². The molecule has 0 aliphatic carbocycles. The molecular formula is C10H10O2. The molecule has 0 radical (unpaired) electrons. The van der Waals surface area contributed by atoms with Crippen molar-refractivity contribution in [3.05, 3.63) is 47.8 Å². The first-order valence-electron chi connectivity index (χ1n) is 3.91. The molecule has 0 aliphatic rings. The van der Waals surface area contributed by atoms with Crippen molar-refractivity contribution in [2.24, 2.45) is 0 Å². The lowest BCUT2D eigenvalue weighted by atomic mass is 10.2. The van der Waals surface area contributed by atoms with Crippen LogP contribution in [0, 0.1) is 6.92 Å². The molecule has 2 nitrogen and oxygen atoms in total. The van der Waals surface area contributed by atoms with E-state index in [1.807, 2.05) is 25.1 Å². The highest BCUT2D eigenvalue weighted by Gasteiger charge is 2.01. The van der Waals surface area contributed by atoms with Crippen molar-refractivity contribution >= 4 is 0 Å². The highest BCUT2D eigenvalue weighted by Crippen LogP contribution is 2.12. The average Bonchev–Trinajstić information content (AvgIpc) is 2.63. The minimum absolute atomic E-state index is 0.737. The van der Waals surface area contributed by atoms with Crippen LogP contribution in [0.2, 0.25) is 0 Å². The highest BCUT2D eigenvalue weighted by atomic mass is 16.3. The molecule has 0 saturated carbocycles. The van der Waals surface area contributed by atoms with Crippen LogP contribution in [0.1, 0.15) is 17.1 Å². The molecule has 62 valence electrons. The van der Waals surface area contributed by atoms with Gasteiger partial charge in [-0.15, -0.1) is 0 Å². The number of rotatable bonds is 2. The molecule has 0 unspecified atom stereocenters. The van der Waals surface area contributed by atoms with Crippen molar-refractivity contribution in [3.63, 3.8) is 0 Å². The van der Waals surface area contributed by atoms with Gasteiger partial charge in [0.25, 0.3) is 0 Å². The van der Waals surface area contributed by atoms with Crippen molar-refractivity contribution in [2.75, 3.05) is 0 Å². The monoisotopic (exact) mass is 162 g/mol. The topological polar surface area (TPSA) is 26.3 Å². The van der Waals surface area contributed by atoms with Gasteiger partial charge in [-0.25, -0.2) is 0 Å². The van der Waals surface area contributed by atoms with E-state index in [9.17, 15) is 0 Å². The maximum absolute atomic E-state index is 5.28. The minimum atomic E-state index is 0.737. The summed E-state index contributed by atoms with van der Waals surface area (Å²) in [5, 5.41) is 0. The van der Waals surface area contributed by atoms with Crippen molar-refractivity contribution < 1.29 is 8.83 Å². The Hall–Kier alpha value is -1.44. The fraction of sp³-hybridized carbons (Fsp3) is 0.200. The third-order valence-electron chi connectivity index (χ3n) is 1.71. The van der Waals surface area contributed by atoms with Crippen LogP contribution in [-0.4, -0.2) is 0 Å². The molecule has 0 amide bonds. The van der Waals surface area contributed by atoms with Crippen LogP contribution in [0.3, 0.4) is 0 Å². The first-order chi connectivity index (χ1) is 5.84. The molecular weight excluding hydrogens is 152 g/mol. The Morgan fingerprint density at radius 1 is 1.25 bits per heavy atom. The smallest absolute Gasteiger partial charge is 0.111 e. The second-order valence-electron chi connectivity index (χ2n) is 2.85. The van der Waals surface area contributed by atoms with Gasteiger partial charge in [-0.05, 0) is 30.7 Å². The highest BCUT2D eigenvalue weighted by molar-refractivity contribution is 5.15. The zero-order valence-electron chi connectivity index (χ0n) is 6.91. The zero-order valence-corrected chi connectivity index (χ0v) is 6.91. The van der Waals surface area contributed by atoms with Gasteiger partial charge in [0.1, 0.15) is 11.5 Å². The first kappa shape index (κ1) is 7.22. The summed E-state index contributed by atoms with van der Waals surface area (Å²) in [5.74, 6) is 1.88. The molecule has 2 heteroatoms. The van der Waals surface area contributed by atoms with Crippen molar-refractivity contribution in [1.29, 1.82) is 0 Å². The zero-order chi connectivity index (χ0) is 8.39. The predicted molar refractivity (Wildman–Crippen MR) is 45.0 cm³/mol. The SMILES string of the molecule is Cc1coc(Cc2ccco2)c1. The van der Waals surface area contributed by atoms with E-state index in [0.29, 0.717) is 0 Å². The van der Waals surface area contributed by atoms with Crippen molar-refractivity contribution in [3.8, 4) is 0 Å². The van der Waals surface area contributed by atoms with Crippen LogP contribution >= 0.6 is 0 Å². The summed E-state index contributed by atoms with van der Waals surface area (Å²) in [4.78, 5) is 0. The molecule has 2 rings (SSSR count). The lowest BCUT2D eigenvalue weighted by Crippen LogP contribution is -1.80. The quantitative estimate of drug-likeness (QED) is 0.678. The third-order valence-corrected chi connectivity index (χ3v) is 1.71. The molecule has 0 N–H and O–H groups in total. The maximum Gasteiger partial charge on any atom is 0.111 e. The number of aryl methyl sites for hydroxylation is 1. The Kier molecular flexibility index (Phi) is 1.74. The summed E-state index contributed by atoms with van der Waals surface area (Å²) in [6, 6.07) is 5.84. The molecule has 0 aromatic carbocycles. The number of hydrogen-bond donors (Lipinski definition) is 0. The normalized spacial score (nSPS) is 10.4. The Bertz CT molecular complexity index is 344. The Morgan fingerprint density at radius 3 is 2.75 bits per heavy atom. The van der Waals surface area contributed by atoms with Gasteiger partial charge in [0.2, 0.25) is 0 Å². The molecule has 2 aromatic rings. The van der Waals surface area contributed by atoms with Gasteiger partial charge in [0.05, 0.1) is 18.9 Å². The van der Waals surface area contributed by atoms with Crippen molar-refractivity contribution in [2.45, 2.75) is 13.3 Å². The van der Waals surface area contributed by atoms with Crippen LogP contribution in [0.25, 0.3) is 0 Å². The summed E-state index contributed by atoms with van der Waals surface area (Å²) in [6.07, 6.45) is 4.16. The minimum Gasteiger partial charge on any atom is -0.469 e. The molecule has 2 heterocycles. The summed E-state index contributed by atoms with van der Waals surface area (Å²) in [7, 11) is 0. The molecule has 0 bridgehead atoms. The molecule has 0 fully saturated rings. The van der Waals surface area contributed by atoms with Gasteiger partial charge in [-0.3, -0.25) is 0 Å². The van der Waals surface area contributed by atoms with E-state index in [-0.39, 0.29) is 0 Å². The number of furan rings is 2. The first-order valence-corrected chi connectivity index (χ1v) is 3.91. The van der Waals surface area contributed by atoms with Crippen LogP contribution < -0.4 is 0 Å². The fourth-order valence-electron chi connectivity index (χ4n) is 1.17. The predicted octanol–water partition coefficient (Wildman–Crippen LogP) is 2.77. The Balaban J connectivity index is 2.14. The molecule has 0 atom stereocenters. The molecule has 12 heavy (non-hydrogen) atoms. The van der Waals surface area contributed by atoms with E-state index < -0.39 is 0 Å². The second kappa shape index (κ2) is 2.89. The third kappa shape index (κ3) is 1.42. The van der Waals surface area contributed by atoms with Gasteiger partial charge >= 0.3 is 0 Å². The maximum atomic E-state index is 5.28. The summed E-state index contributed by atoms with van der Waals surface area (Å²) < 4.78 is 10.5. The Morgan fingerprint density at radius 2 is 2.17 bits per heavy atom. The lowest BCUT2D eigenvalue weighted by Gasteiger charge is -1.89. The van der Waals surface area contributed by atoms with E-state index in [0.717, 1.165) is 23.5 Å². The number of hydrogen-bond acceptors (Lipinski definition) is 2. The van der Waals surface area contributed by atoms with Gasteiger partial charge in [0, 0.05) is 0 Å². The van der Waals surface area contributed by atoms with Crippen LogP contribution in [-0.2, 0) is 6.42 Å². The van der Waals surface area contributed by atoms with Crippen LogP contribution in [0.4, 0.5) is 0 Å². The van der Waals surface area contributed by atoms with E-state index in [1.165, 1.54) is 0 Å². The fourth-order valence-corrected chi connectivity index (χ4v) is 1.17. The molecule has 0 aliphatic heterocycles. The van der Waals surface area contributed by atoms with Crippen LogP contribution in [0.15, 0.2) is 39.6 Å². The molecule has 0 spiro atoms. The van der Waals surface area contributed by atoms with Gasteiger partial charge < -0.3 is 8.83 Å². The average molecular weight is 162 g/mol. The van der Waals surface area contributed by atoms with Gasteiger partial charge in [-0.2, -0.15) is 0 Å². The second-order valence-corrected chi connectivity index (χ2v) is 2.85. The van der Waals surface area contributed by atoms with Gasteiger partial charge in [-0.1, -0.05) is 0 Å². The van der Waals surface area contributed by atoms with Gasteiger partial charge in [0.15, 0.2) is 0 Å². The summed E-state index contributed by atoms with van der Waals surface area (Å²) in [5.41, 5.74) is 1.15. The van der Waals surface area contributed by atoms with Crippen LogP contribution in [0.5, 0.6) is 0 Å². The standard InChI is InChI=1S/C10H10O2/c1-8-5-10(12-7-8)6-9-3-2-4-11-9/h2-5,7H,6H2,1H3. The van der Waals surface area contributed by atoms with Crippen molar-refractivity contribution in [1.82, 2.24) is 0 Å². The largest absolute Gasteiger partial charge is 0.469 e. The molecule has 0 saturated heterocycles.